The SMILES string of the molecule is CC(C)(CNC(=O)CC1CCCC1)N1CCOCC1. The van der Waals surface area contributed by atoms with Gasteiger partial charge in [-0.3, -0.25) is 9.69 Å². The van der Waals surface area contributed by atoms with E-state index in [1.54, 1.807) is 0 Å². The standard InChI is InChI=1S/C15H28N2O2/c1-15(2,17-7-9-19-10-8-17)12-16-14(18)11-13-5-3-4-6-13/h13H,3-12H2,1-2H3,(H,16,18). The Morgan fingerprint density at radius 2 is 1.89 bits per heavy atom. The molecule has 0 radical (unpaired) electrons. The lowest BCUT2D eigenvalue weighted by Gasteiger charge is -2.40. The average Bonchev–Trinajstić information content (AvgIpc) is 2.90. The summed E-state index contributed by atoms with van der Waals surface area (Å²) in [7, 11) is 0. The van der Waals surface area contributed by atoms with Crippen LogP contribution in [0.2, 0.25) is 0 Å². The minimum Gasteiger partial charge on any atom is -0.379 e. The molecule has 1 N–H and O–H groups in total. The summed E-state index contributed by atoms with van der Waals surface area (Å²) < 4.78 is 5.38. The summed E-state index contributed by atoms with van der Waals surface area (Å²) in [5.41, 5.74) is 0.0229. The topological polar surface area (TPSA) is 41.6 Å². The quantitative estimate of drug-likeness (QED) is 0.826. The van der Waals surface area contributed by atoms with Crippen molar-refractivity contribution >= 4 is 5.91 Å². The summed E-state index contributed by atoms with van der Waals surface area (Å²) in [4.78, 5) is 14.4. The van der Waals surface area contributed by atoms with Crippen LogP contribution in [-0.2, 0) is 9.53 Å². The summed E-state index contributed by atoms with van der Waals surface area (Å²) in [5.74, 6) is 0.861. The second kappa shape index (κ2) is 6.71. The van der Waals surface area contributed by atoms with Crippen molar-refractivity contribution in [2.24, 2.45) is 5.92 Å². The van der Waals surface area contributed by atoms with E-state index in [0.717, 1.165) is 39.3 Å². The molecule has 4 nitrogen and oxygen atoms in total. The van der Waals surface area contributed by atoms with Gasteiger partial charge in [0.1, 0.15) is 0 Å². The summed E-state index contributed by atoms with van der Waals surface area (Å²) in [5, 5.41) is 3.13. The molecule has 0 atom stereocenters. The van der Waals surface area contributed by atoms with E-state index in [9.17, 15) is 4.79 Å². The van der Waals surface area contributed by atoms with Crippen molar-refractivity contribution in [3.05, 3.63) is 0 Å². The number of carbonyl (C=O) groups is 1. The lowest BCUT2D eigenvalue weighted by atomic mass is 10.0. The number of carbonyl (C=O) groups excluding carboxylic acids is 1. The first-order valence-electron chi connectivity index (χ1n) is 7.67. The highest BCUT2D eigenvalue weighted by molar-refractivity contribution is 5.76. The minimum absolute atomic E-state index is 0.0229. The zero-order valence-corrected chi connectivity index (χ0v) is 12.4. The van der Waals surface area contributed by atoms with Crippen molar-refractivity contribution < 1.29 is 9.53 Å². The maximum Gasteiger partial charge on any atom is 0.220 e. The second-order valence-corrected chi connectivity index (χ2v) is 6.54. The molecule has 110 valence electrons. The van der Waals surface area contributed by atoms with E-state index in [1.807, 2.05) is 0 Å². The van der Waals surface area contributed by atoms with Crippen molar-refractivity contribution in [2.75, 3.05) is 32.8 Å². The van der Waals surface area contributed by atoms with Crippen LogP contribution in [0.15, 0.2) is 0 Å². The largest absolute Gasteiger partial charge is 0.379 e. The molecule has 0 aromatic rings. The van der Waals surface area contributed by atoms with Crippen LogP contribution >= 0.6 is 0 Å². The average molecular weight is 268 g/mol. The van der Waals surface area contributed by atoms with Gasteiger partial charge in [0.2, 0.25) is 5.91 Å². The molecule has 2 fully saturated rings. The lowest BCUT2D eigenvalue weighted by molar-refractivity contribution is -0.122. The van der Waals surface area contributed by atoms with Crippen molar-refractivity contribution in [3.8, 4) is 0 Å². The van der Waals surface area contributed by atoms with Gasteiger partial charge < -0.3 is 10.1 Å². The number of ether oxygens (including phenoxy) is 1. The number of hydrogen-bond donors (Lipinski definition) is 1. The summed E-state index contributed by atoms with van der Waals surface area (Å²) in [6.07, 6.45) is 5.80. The molecule has 1 aliphatic carbocycles. The van der Waals surface area contributed by atoms with Gasteiger partial charge in [0.05, 0.1) is 13.2 Å². The molecule has 1 aliphatic heterocycles. The monoisotopic (exact) mass is 268 g/mol. The van der Waals surface area contributed by atoms with Crippen molar-refractivity contribution in [2.45, 2.75) is 51.5 Å². The van der Waals surface area contributed by atoms with E-state index < -0.39 is 0 Å². The fraction of sp³-hybridized carbons (Fsp3) is 0.933. The normalized spacial score (nSPS) is 22.6. The highest BCUT2D eigenvalue weighted by Gasteiger charge is 2.29. The molecule has 1 saturated heterocycles. The molecule has 0 aromatic carbocycles. The van der Waals surface area contributed by atoms with Crippen LogP contribution in [0.25, 0.3) is 0 Å². The molecule has 19 heavy (non-hydrogen) atoms. The molecule has 4 heteroatoms. The van der Waals surface area contributed by atoms with Gasteiger partial charge in [-0.1, -0.05) is 12.8 Å². The van der Waals surface area contributed by atoms with E-state index in [1.165, 1.54) is 25.7 Å². The van der Waals surface area contributed by atoms with E-state index in [2.05, 4.69) is 24.1 Å². The molecule has 2 rings (SSSR count). The molecule has 2 aliphatic rings. The highest BCUT2D eigenvalue weighted by Crippen LogP contribution is 2.27. The molecule has 1 saturated carbocycles. The number of hydrogen-bond acceptors (Lipinski definition) is 3. The summed E-state index contributed by atoms with van der Waals surface area (Å²) >= 11 is 0. The summed E-state index contributed by atoms with van der Waals surface area (Å²) in [6.45, 7) is 8.68. The zero-order valence-electron chi connectivity index (χ0n) is 12.4. The predicted molar refractivity (Wildman–Crippen MR) is 76.1 cm³/mol. The molecule has 0 unspecified atom stereocenters. The third-order valence-corrected chi connectivity index (χ3v) is 4.53. The van der Waals surface area contributed by atoms with Gasteiger partial charge in [0.25, 0.3) is 0 Å². The van der Waals surface area contributed by atoms with Gasteiger partial charge in [-0.05, 0) is 32.6 Å². The zero-order chi connectivity index (χ0) is 13.7. The third kappa shape index (κ3) is 4.46. The van der Waals surface area contributed by atoms with Crippen LogP contribution in [0, 0.1) is 5.92 Å². The van der Waals surface area contributed by atoms with Crippen LogP contribution in [-0.4, -0.2) is 49.2 Å². The first-order chi connectivity index (χ1) is 9.08. The van der Waals surface area contributed by atoms with E-state index in [-0.39, 0.29) is 11.4 Å². The molecular formula is C15H28N2O2. The first-order valence-corrected chi connectivity index (χ1v) is 7.67. The molecule has 1 heterocycles. The van der Waals surface area contributed by atoms with E-state index in [0.29, 0.717) is 5.92 Å². The molecule has 0 spiro atoms. The van der Waals surface area contributed by atoms with Crippen molar-refractivity contribution in [3.63, 3.8) is 0 Å². The highest BCUT2D eigenvalue weighted by atomic mass is 16.5. The Hall–Kier alpha value is -0.610. The van der Waals surface area contributed by atoms with Crippen LogP contribution < -0.4 is 5.32 Å². The fourth-order valence-electron chi connectivity index (χ4n) is 3.14. The van der Waals surface area contributed by atoms with E-state index >= 15 is 0 Å². The molecule has 0 bridgehead atoms. The van der Waals surface area contributed by atoms with Gasteiger partial charge in [0.15, 0.2) is 0 Å². The smallest absolute Gasteiger partial charge is 0.220 e. The van der Waals surface area contributed by atoms with Crippen LogP contribution in [0.3, 0.4) is 0 Å². The van der Waals surface area contributed by atoms with Crippen LogP contribution in [0.4, 0.5) is 0 Å². The van der Waals surface area contributed by atoms with Gasteiger partial charge in [-0.25, -0.2) is 0 Å². The van der Waals surface area contributed by atoms with E-state index in [4.69, 9.17) is 4.74 Å². The van der Waals surface area contributed by atoms with Gasteiger partial charge in [0, 0.05) is 31.6 Å². The van der Waals surface area contributed by atoms with Gasteiger partial charge in [-0.15, -0.1) is 0 Å². The minimum atomic E-state index is 0.0229. The molecular weight excluding hydrogens is 240 g/mol. The maximum absolute atomic E-state index is 12.0. The Balaban J connectivity index is 1.71. The van der Waals surface area contributed by atoms with Crippen LogP contribution in [0.5, 0.6) is 0 Å². The predicted octanol–water partition coefficient (Wildman–Crippen LogP) is 1.79. The number of amides is 1. The number of nitrogens with zero attached hydrogens (tertiary/aromatic N) is 1. The number of nitrogens with one attached hydrogen (secondary N) is 1. The Morgan fingerprint density at radius 3 is 2.53 bits per heavy atom. The fourth-order valence-corrected chi connectivity index (χ4v) is 3.14. The second-order valence-electron chi connectivity index (χ2n) is 6.54. The third-order valence-electron chi connectivity index (χ3n) is 4.53. The van der Waals surface area contributed by atoms with Crippen molar-refractivity contribution in [1.29, 1.82) is 0 Å². The summed E-state index contributed by atoms with van der Waals surface area (Å²) in [6, 6.07) is 0. The Morgan fingerprint density at radius 1 is 1.26 bits per heavy atom. The maximum atomic E-state index is 12.0. The number of morpholine rings is 1. The van der Waals surface area contributed by atoms with Crippen LogP contribution in [0.1, 0.15) is 46.0 Å². The molecule has 1 amide bonds. The lowest BCUT2D eigenvalue weighted by Crippen LogP contribution is -2.55. The Labute approximate surface area is 116 Å². The Kier molecular flexibility index (Phi) is 5.22. The van der Waals surface area contributed by atoms with Gasteiger partial charge in [-0.2, -0.15) is 0 Å². The molecule has 0 aromatic heterocycles. The van der Waals surface area contributed by atoms with Gasteiger partial charge >= 0.3 is 0 Å². The number of rotatable bonds is 5. The van der Waals surface area contributed by atoms with Crippen molar-refractivity contribution in [1.82, 2.24) is 10.2 Å². The first kappa shape index (κ1) is 14.8. The Bertz CT molecular complexity index is 293.